The van der Waals surface area contributed by atoms with Crippen LogP contribution in [0.5, 0.6) is 0 Å². The molecule has 1 aromatic heterocycles. The van der Waals surface area contributed by atoms with Crippen LogP contribution in [0.15, 0.2) is 41.3 Å². The topological polar surface area (TPSA) is 29.9 Å². The fourth-order valence-electron chi connectivity index (χ4n) is 3.18. The summed E-state index contributed by atoms with van der Waals surface area (Å²) < 4.78 is 3.42. The second-order valence-electron chi connectivity index (χ2n) is 6.00. The maximum absolute atomic E-state index is 4.40. The van der Waals surface area contributed by atoms with E-state index in [-0.39, 0.29) is 0 Å². The Bertz CT molecular complexity index is 590. The molecule has 4 heteroatoms. The minimum absolute atomic E-state index is 0.301. The Kier molecular flexibility index (Phi) is 4.45. The first-order valence-electron chi connectivity index (χ1n) is 7.68. The zero-order valence-electron chi connectivity index (χ0n) is 12.6. The number of nitrogens with zero attached hydrogens (tertiary/aromatic N) is 2. The number of hydrogen-bond acceptors (Lipinski definition) is 2. The molecule has 112 valence electrons. The molecule has 1 N–H and O–H groups in total. The van der Waals surface area contributed by atoms with Gasteiger partial charge in [-0.2, -0.15) is 0 Å². The van der Waals surface area contributed by atoms with Crippen molar-refractivity contribution in [2.45, 2.75) is 51.2 Å². The van der Waals surface area contributed by atoms with Crippen LogP contribution in [0.3, 0.4) is 0 Å². The Hall–Kier alpha value is -1.13. The van der Waals surface area contributed by atoms with Gasteiger partial charge in [0.05, 0.1) is 18.1 Å². The Balaban J connectivity index is 1.86. The van der Waals surface area contributed by atoms with Gasteiger partial charge in [-0.15, -0.1) is 0 Å². The Morgan fingerprint density at radius 1 is 1.29 bits per heavy atom. The van der Waals surface area contributed by atoms with E-state index in [2.05, 4.69) is 68.9 Å². The largest absolute Gasteiger partial charge is 0.326 e. The molecular weight excluding hydrogens is 326 g/mol. The van der Waals surface area contributed by atoms with Crippen molar-refractivity contribution in [1.29, 1.82) is 0 Å². The minimum atomic E-state index is 0.301. The normalized spacial score (nSPS) is 24.0. The lowest BCUT2D eigenvalue weighted by Gasteiger charge is -2.30. The van der Waals surface area contributed by atoms with E-state index in [1.165, 1.54) is 30.5 Å². The summed E-state index contributed by atoms with van der Waals surface area (Å²) in [6.07, 6.45) is 7.74. The number of benzene rings is 1. The maximum Gasteiger partial charge on any atom is 0.0954 e. The summed E-state index contributed by atoms with van der Waals surface area (Å²) in [6.45, 7) is 4.51. The molecule has 1 aliphatic heterocycles. The summed E-state index contributed by atoms with van der Waals surface area (Å²) in [5.41, 5.74) is 2.61. The predicted molar refractivity (Wildman–Crippen MR) is 89.4 cm³/mol. The van der Waals surface area contributed by atoms with Crippen LogP contribution in [0, 0.1) is 0 Å². The van der Waals surface area contributed by atoms with Crippen molar-refractivity contribution in [3.05, 3.63) is 52.5 Å². The third kappa shape index (κ3) is 3.22. The van der Waals surface area contributed by atoms with Gasteiger partial charge in [-0.1, -0.05) is 28.1 Å². The van der Waals surface area contributed by atoms with Crippen molar-refractivity contribution in [3.63, 3.8) is 0 Å². The lowest BCUT2D eigenvalue weighted by molar-refractivity contribution is 0.327. The van der Waals surface area contributed by atoms with Gasteiger partial charge in [0.15, 0.2) is 0 Å². The Morgan fingerprint density at radius 3 is 2.76 bits per heavy atom. The summed E-state index contributed by atoms with van der Waals surface area (Å²) in [4.78, 5) is 4.40. The third-order valence-corrected chi connectivity index (χ3v) is 4.97. The van der Waals surface area contributed by atoms with Crippen LogP contribution < -0.4 is 5.32 Å². The molecule has 0 saturated carbocycles. The van der Waals surface area contributed by atoms with Gasteiger partial charge in [0, 0.05) is 22.8 Å². The van der Waals surface area contributed by atoms with Gasteiger partial charge >= 0.3 is 0 Å². The molecule has 3 nitrogen and oxygen atoms in total. The molecule has 0 bridgehead atoms. The highest BCUT2D eigenvalue weighted by molar-refractivity contribution is 9.10. The van der Waals surface area contributed by atoms with E-state index in [4.69, 9.17) is 0 Å². The monoisotopic (exact) mass is 347 g/mol. The minimum Gasteiger partial charge on any atom is -0.326 e. The molecule has 0 spiro atoms. The highest BCUT2D eigenvalue weighted by Crippen LogP contribution is 2.29. The van der Waals surface area contributed by atoms with Crippen LogP contribution in [-0.2, 0) is 0 Å². The summed E-state index contributed by atoms with van der Waals surface area (Å²) in [5.74, 6) is 0. The number of aromatic nitrogens is 2. The fraction of sp³-hybridized carbons (Fsp3) is 0.471. The molecule has 21 heavy (non-hydrogen) atoms. The highest BCUT2D eigenvalue weighted by Gasteiger charge is 2.23. The Morgan fingerprint density at radius 2 is 2.05 bits per heavy atom. The zero-order chi connectivity index (χ0) is 14.8. The standard InChI is InChI=1S/C17H22BrN3/c1-12-4-3-5-16(20-12)17-10-19-11-21(17)13(2)14-6-8-15(18)9-7-14/h6-13,16,20H,3-5H2,1-2H3. The molecule has 0 radical (unpaired) electrons. The van der Waals surface area contributed by atoms with Crippen molar-refractivity contribution in [3.8, 4) is 0 Å². The van der Waals surface area contributed by atoms with Gasteiger partial charge in [-0.3, -0.25) is 0 Å². The fourth-order valence-corrected chi connectivity index (χ4v) is 3.45. The summed E-state index contributed by atoms with van der Waals surface area (Å²) in [7, 11) is 0. The van der Waals surface area contributed by atoms with Crippen molar-refractivity contribution in [2.75, 3.05) is 0 Å². The summed E-state index contributed by atoms with van der Waals surface area (Å²) >= 11 is 3.50. The van der Waals surface area contributed by atoms with Gasteiger partial charge in [-0.05, 0) is 50.8 Å². The van der Waals surface area contributed by atoms with E-state index < -0.39 is 0 Å². The molecule has 1 aliphatic rings. The Labute approximate surface area is 134 Å². The van der Waals surface area contributed by atoms with Crippen molar-refractivity contribution in [1.82, 2.24) is 14.9 Å². The van der Waals surface area contributed by atoms with Crippen LogP contribution >= 0.6 is 15.9 Å². The van der Waals surface area contributed by atoms with Gasteiger partial charge in [0.25, 0.3) is 0 Å². The molecule has 0 amide bonds. The summed E-state index contributed by atoms with van der Waals surface area (Å²) in [6, 6.07) is 9.87. The zero-order valence-corrected chi connectivity index (χ0v) is 14.2. The number of imidazole rings is 1. The predicted octanol–water partition coefficient (Wildman–Crippen LogP) is 4.46. The van der Waals surface area contributed by atoms with Gasteiger partial charge in [0.1, 0.15) is 0 Å². The lowest BCUT2D eigenvalue weighted by atomic mass is 9.97. The quantitative estimate of drug-likeness (QED) is 0.888. The van der Waals surface area contributed by atoms with E-state index in [9.17, 15) is 0 Å². The molecule has 1 aromatic carbocycles. The third-order valence-electron chi connectivity index (χ3n) is 4.44. The van der Waals surface area contributed by atoms with E-state index in [0.29, 0.717) is 18.1 Å². The van der Waals surface area contributed by atoms with Crippen molar-refractivity contribution in [2.24, 2.45) is 0 Å². The van der Waals surface area contributed by atoms with Gasteiger partial charge in [0.2, 0.25) is 0 Å². The molecule has 2 heterocycles. The molecule has 3 atom stereocenters. The van der Waals surface area contributed by atoms with Crippen LogP contribution in [0.4, 0.5) is 0 Å². The average molecular weight is 348 g/mol. The first-order valence-corrected chi connectivity index (χ1v) is 8.47. The number of hydrogen-bond donors (Lipinski definition) is 1. The number of rotatable bonds is 3. The molecule has 3 unspecified atom stereocenters. The van der Waals surface area contributed by atoms with Crippen molar-refractivity contribution >= 4 is 15.9 Å². The SMILES string of the molecule is CC1CCCC(c2cncn2C(C)c2ccc(Br)cc2)N1. The number of halogens is 1. The lowest BCUT2D eigenvalue weighted by Crippen LogP contribution is -2.35. The molecule has 3 rings (SSSR count). The van der Waals surface area contributed by atoms with E-state index in [0.717, 1.165) is 4.47 Å². The molecule has 2 aromatic rings. The molecule has 0 aliphatic carbocycles. The molecule has 1 fully saturated rings. The second-order valence-corrected chi connectivity index (χ2v) is 6.92. The first-order chi connectivity index (χ1) is 10.1. The van der Waals surface area contributed by atoms with Crippen LogP contribution in [-0.4, -0.2) is 15.6 Å². The van der Waals surface area contributed by atoms with E-state index in [1.54, 1.807) is 0 Å². The van der Waals surface area contributed by atoms with E-state index >= 15 is 0 Å². The second kappa shape index (κ2) is 6.32. The summed E-state index contributed by atoms with van der Waals surface area (Å²) in [5, 5.41) is 3.71. The van der Waals surface area contributed by atoms with Crippen LogP contribution in [0.1, 0.15) is 56.5 Å². The smallest absolute Gasteiger partial charge is 0.0954 e. The van der Waals surface area contributed by atoms with Crippen LogP contribution in [0.25, 0.3) is 0 Å². The van der Waals surface area contributed by atoms with Crippen molar-refractivity contribution < 1.29 is 0 Å². The van der Waals surface area contributed by atoms with E-state index in [1.807, 2.05) is 12.5 Å². The first kappa shape index (κ1) is 14.8. The van der Waals surface area contributed by atoms with Gasteiger partial charge < -0.3 is 9.88 Å². The molecule has 1 saturated heterocycles. The molecular formula is C17H22BrN3. The highest BCUT2D eigenvalue weighted by atomic mass is 79.9. The number of piperidine rings is 1. The maximum atomic E-state index is 4.40. The average Bonchev–Trinajstić information content (AvgIpc) is 2.97. The number of nitrogens with one attached hydrogen (secondary N) is 1. The van der Waals surface area contributed by atoms with Crippen LogP contribution in [0.2, 0.25) is 0 Å². The van der Waals surface area contributed by atoms with Gasteiger partial charge in [-0.25, -0.2) is 4.98 Å².